The Morgan fingerprint density at radius 3 is 2.25 bits per heavy atom. The number of likely N-dealkylation sites (tertiary alicyclic amines) is 1. The molecule has 0 amide bonds. The minimum absolute atomic E-state index is 0.432. The molecule has 1 saturated heterocycles. The summed E-state index contributed by atoms with van der Waals surface area (Å²) in [7, 11) is 0. The van der Waals surface area contributed by atoms with Crippen LogP contribution in [0.2, 0.25) is 0 Å². The molecule has 0 radical (unpaired) electrons. The van der Waals surface area contributed by atoms with Crippen LogP contribution >= 0.6 is 0 Å². The van der Waals surface area contributed by atoms with Gasteiger partial charge in [0.1, 0.15) is 0 Å². The van der Waals surface area contributed by atoms with Crippen molar-refractivity contribution in [2.24, 2.45) is 0 Å². The molecule has 1 heterocycles. The Bertz CT molecular complexity index is 598. The highest BCUT2D eigenvalue weighted by molar-refractivity contribution is 5.24. The first-order valence-corrected chi connectivity index (χ1v) is 9.35. The van der Waals surface area contributed by atoms with Gasteiger partial charge in [-0.3, -0.25) is 4.90 Å². The topological polar surface area (TPSA) is 15.3 Å². The Balaban J connectivity index is 1.46. The summed E-state index contributed by atoms with van der Waals surface area (Å²) in [6.07, 6.45) is 3.59. The molecule has 2 nitrogen and oxygen atoms in total. The molecule has 1 N–H and O–H groups in total. The molecule has 1 fully saturated rings. The van der Waals surface area contributed by atoms with E-state index < -0.39 is 0 Å². The molecule has 2 heteroatoms. The third-order valence-electron chi connectivity index (χ3n) is 5.21. The summed E-state index contributed by atoms with van der Waals surface area (Å²) in [6.45, 7) is 7.96. The summed E-state index contributed by atoms with van der Waals surface area (Å²) >= 11 is 0. The van der Waals surface area contributed by atoms with Crippen LogP contribution in [0.15, 0.2) is 54.6 Å². The van der Waals surface area contributed by atoms with E-state index in [-0.39, 0.29) is 0 Å². The number of hydrogen-bond acceptors (Lipinski definition) is 2. The van der Waals surface area contributed by atoms with Crippen LogP contribution in [0.5, 0.6) is 0 Å². The van der Waals surface area contributed by atoms with Crippen LogP contribution in [0, 0.1) is 0 Å². The van der Waals surface area contributed by atoms with Gasteiger partial charge < -0.3 is 5.32 Å². The lowest BCUT2D eigenvalue weighted by molar-refractivity contribution is 0.185. The molecule has 24 heavy (non-hydrogen) atoms. The van der Waals surface area contributed by atoms with Crippen LogP contribution in [0.4, 0.5) is 0 Å². The first-order chi connectivity index (χ1) is 11.7. The Kier molecular flexibility index (Phi) is 6.06. The van der Waals surface area contributed by atoms with E-state index >= 15 is 0 Å². The zero-order chi connectivity index (χ0) is 16.8. The SMILES string of the molecule is CCc1ccc([C@H](C)NC2CCN(Cc3ccccc3)CC2)cc1. The molecule has 2 aromatic carbocycles. The van der Waals surface area contributed by atoms with Gasteiger partial charge in [-0.1, -0.05) is 61.5 Å². The largest absolute Gasteiger partial charge is 0.307 e. The van der Waals surface area contributed by atoms with Crippen molar-refractivity contribution < 1.29 is 0 Å². The van der Waals surface area contributed by atoms with Gasteiger partial charge in [0, 0.05) is 18.6 Å². The van der Waals surface area contributed by atoms with E-state index in [2.05, 4.69) is 78.7 Å². The Morgan fingerprint density at radius 2 is 1.62 bits per heavy atom. The summed E-state index contributed by atoms with van der Waals surface area (Å²) < 4.78 is 0. The van der Waals surface area contributed by atoms with Gasteiger partial charge in [0.2, 0.25) is 0 Å². The maximum Gasteiger partial charge on any atom is 0.0294 e. The second-order valence-electron chi connectivity index (χ2n) is 7.02. The molecule has 2 aromatic rings. The Labute approximate surface area is 146 Å². The van der Waals surface area contributed by atoms with Crippen LogP contribution in [-0.2, 0) is 13.0 Å². The van der Waals surface area contributed by atoms with Gasteiger partial charge in [-0.15, -0.1) is 0 Å². The van der Waals surface area contributed by atoms with Gasteiger partial charge in [0.05, 0.1) is 0 Å². The normalized spacial score (nSPS) is 17.8. The fourth-order valence-electron chi connectivity index (χ4n) is 3.59. The van der Waals surface area contributed by atoms with Crippen molar-refractivity contribution in [2.45, 2.75) is 51.7 Å². The summed E-state index contributed by atoms with van der Waals surface area (Å²) in [5.74, 6) is 0. The molecule has 0 aromatic heterocycles. The van der Waals surface area contributed by atoms with Gasteiger partial charge in [-0.25, -0.2) is 0 Å². The average Bonchev–Trinajstić information content (AvgIpc) is 2.64. The van der Waals surface area contributed by atoms with Gasteiger partial charge in [0.15, 0.2) is 0 Å². The van der Waals surface area contributed by atoms with E-state index in [1.807, 2.05) is 0 Å². The monoisotopic (exact) mass is 322 g/mol. The second-order valence-corrected chi connectivity index (χ2v) is 7.02. The molecule has 0 bridgehead atoms. The van der Waals surface area contributed by atoms with Gasteiger partial charge in [0.25, 0.3) is 0 Å². The predicted octanol–water partition coefficient (Wildman–Crippen LogP) is 4.56. The van der Waals surface area contributed by atoms with E-state index in [4.69, 9.17) is 0 Å². The molecule has 0 unspecified atom stereocenters. The second kappa shape index (κ2) is 8.46. The zero-order valence-electron chi connectivity index (χ0n) is 15.0. The van der Waals surface area contributed by atoms with Crippen molar-refractivity contribution >= 4 is 0 Å². The van der Waals surface area contributed by atoms with Crippen molar-refractivity contribution in [1.29, 1.82) is 0 Å². The number of aryl methyl sites for hydroxylation is 1. The lowest BCUT2D eigenvalue weighted by Crippen LogP contribution is -2.42. The number of nitrogens with zero attached hydrogens (tertiary/aromatic N) is 1. The quantitative estimate of drug-likeness (QED) is 0.838. The predicted molar refractivity (Wildman–Crippen MR) is 102 cm³/mol. The van der Waals surface area contributed by atoms with E-state index in [1.54, 1.807) is 0 Å². The molecule has 0 aliphatic carbocycles. The molecule has 1 atom stereocenters. The number of piperidine rings is 1. The van der Waals surface area contributed by atoms with E-state index in [9.17, 15) is 0 Å². The summed E-state index contributed by atoms with van der Waals surface area (Å²) in [5, 5.41) is 3.83. The molecule has 1 aliphatic rings. The van der Waals surface area contributed by atoms with Crippen molar-refractivity contribution in [2.75, 3.05) is 13.1 Å². The average molecular weight is 322 g/mol. The minimum Gasteiger partial charge on any atom is -0.307 e. The van der Waals surface area contributed by atoms with Gasteiger partial charge in [-0.05, 0) is 56.0 Å². The number of rotatable bonds is 6. The lowest BCUT2D eigenvalue weighted by atomic mass is 10.00. The summed E-state index contributed by atoms with van der Waals surface area (Å²) in [4.78, 5) is 2.58. The fraction of sp³-hybridized carbons (Fsp3) is 0.455. The standard InChI is InChI=1S/C22H30N2/c1-3-19-9-11-21(12-10-19)18(2)23-22-13-15-24(16-14-22)17-20-7-5-4-6-8-20/h4-12,18,22-23H,3,13-17H2,1-2H3/t18-/m0/s1. The van der Waals surface area contributed by atoms with Crippen molar-refractivity contribution in [1.82, 2.24) is 10.2 Å². The number of hydrogen-bond donors (Lipinski definition) is 1. The summed E-state index contributed by atoms with van der Waals surface area (Å²) in [5.41, 5.74) is 4.24. The van der Waals surface area contributed by atoms with Gasteiger partial charge in [-0.2, -0.15) is 0 Å². The molecule has 3 rings (SSSR count). The van der Waals surface area contributed by atoms with Crippen molar-refractivity contribution in [3.05, 3.63) is 71.3 Å². The Hall–Kier alpha value is -1.64. The zero-order valence-corrected chi connectivity index (χ0v) is 15.0. The highest BCUT2D eigenvalue weighted by Crippen LogP contribution is 2.19. The van der Waals surface area contributed by atoms with E-state index in [0.717, 1.165) is 13.0 Å². The first-order valence-electron chi connectivity index (χ1n) is 9.35. The molecule has 1 aliphatic heterocycles. The molecular formula is C22H30N2. The molecule has 0 spiro atoms. The number of nitrogens with one attached hydrogen (secondary N) is 1. The number of benzene rings is 2. The lowest BCUT2D eigenvalue weighted by Gasteiger charge is -2.34. The van der Waals surface area contributed by atoms with Crippen LogP contribution in [0.1, 0.15) is 49.4 Å². The maximum atomic E-state index is 3.83. The molecular weight excluding hydrogens is 292 g/mol. The minimum atomic E-state index is 0.432. The maximum absolute atomic E-state index is 3.83. The van der Waals surface area contributed by atoms with Crippen molar-refractivity contribution in [3.63, 3.8) is 0 Å². The van der Waals surface area contributed by atoms with Crippen molar-refractivity contribution in [3.8, 4) is 0 Å². The van der Waals surface area contributed by atoms with Gasteiger partial charge >= 0.3 is 0 Å². The fourth-order valence-corrected chi connectivity index (χ4v) is 3.59. The molecule has 128 valence electrons. The van der Waals surface area contributed by atoms with Crippen LogP contribution in [0.3, 0.4) is 0 Å². The highest BCUT2D eigenvalue weighted by Gasteiger charge is 2.20. The van der Waals surface area contributed by atoms with Crippen LogP contribution < -0.4 is 5.32 Å². The first kappa shape index (κ1) is 17.2. The van der Waals surface area contributed by atoms with E-state index in [1.165, 1.54) is 42.6 Å². The smallest absolute Gasteiger partial charge is 0.0294 e. The highest BCUT2D eigenvalue weighted by atomic mass is 15.1. The van der Waals surface area contributed by atoms with E-state index in [0.29, 0.717) is 12.1 Å². The third kappa shape index (κ3) is 4.68. The summed E-state index contributed by atoms with van der Waals surface area (Å²) in [6, 6.07) is 21.0. The molecule has 0 saturated carbocycles. The third-order valence-corrected chi connectivity index (χ3v) is 5.21. The Morgan fingerprint density at radius 1 is 0.958 bits per heavy atom. The van der Waals surface area contributed by atoms with Crippen LogP contribution in [0.25, 0.3) is 0 Å². The van der Waals surface area contributed by atoms with Crippen LogP contribution in [-0.4, -0.2) is 24.0 Å².